The summed E-state index contributed by atoms with van der Waals surface area (Å²) in [7, 11) is 0. The summed E-state index contributed by atoms with van der Waals surface area (Å²) in [6.45, 7) is 5.28. The van der Waals surface area contributed by atoms with Crippen molar-refractivity contribution in [2.75, 3.05) is 23.3 Å². The van der Waals surface area contributed by atoms with Crippen LogP contribution >= 0.6 is 0 Å². The zero-order valence-corrected chi connectivity index (χ0v) is 13.2. The maximum atomic E-state index is 12.2. The minimum Gasteiger partial charge on any atom is -0.336 e. The van der Waals surface area contributed by atoms with E-state index in [1.54, 1.807) is 17.0 Å². The first-order valence-corrected chi connectivity index (χ1v) is 7.78. The van der Waals surface area contributed by atoms with Crippen LogP contribution in [0, 0.1) is 0 Å². The van der Waals surface area contributed by atoms with E-state index in [-0.39, 0.29) is 30.2 Å². The summed E-state index contributed by atoms with van der Waals surface area (Å²) in [6, 6.07) is 7.19. The highest BCUT2D eigenvalue weighted by Gasteiger charge is 2.31. The van der Waals surface area contributed by atoms with Crippen LogP contribution in [-0.2, 0) is 0 Å². The highest BCUT2D eigenvalue weighted by molar-refractivity contribution is 5.95. The number of rotatable bonds is 3. The van der Waals surface area contributed by atoms with Crippen LogP contribution in [0.5, 0.6) is 0 Å². The number of carbonyl (C=O) groups excluding carboxylic acids is 2. The molecule has 2 heterocycles. The van der Waals surface area contributed by atoms with Gasteiger partial charge in [-0.3, -0.25) is 15.8 Å². The van der Waals surface area contributed by atoms with Crippen molar-refractivity contribution in [2.24, 2.45) is 0 Å². The van der Waals surface area contributed by atoms with Crippen LogP contribution in [0.4, 0.5) is 21.0 Å². The lowest BCUT2D eigenvalue weighted by atomic mass is 10.1. The van der Waals surface area contributed by atoms with Gasteiger partial charge in [0.1, 0.15) is 0 Å². The monoisotopic (exact) mass is 318 g/mol. The van der Waals surface area contributed by atoms with Crippen LogP contribution in [0.15, 0.2) is 24.3 Å². The van der Waals surface area contributed by atoms with Gasteiger partial charge in [0.2, 0.25) is 0 Å². The quantitative estimate of drug-likeness (QED) is 0.563. The third kappa shape index (κ3) is 3.38. The second-order valence-corrected chi connectivity index (χ2v) is 5.92. The van der Waals surface area contributed by atoms with Gasteiger partial charge in [-0.25, -0.2) is 9.59 Å². The molecule has 0 spiro atoms. The number of anilines is 2. The molecule has 124 valence electrons. The van der Waals surface area contributed by atoms with Crippen molar-refractivity contribution in [3.63, 3.8) is 0 Å². The Morgan fingerprint density at radius 2 is 2.00 bits per heavy atom. The molecular formula is C15H22N6O2. The molecule has 2 aliphatic rings. The number of hydrazine groups is 1. The average molecular weight is 318 g/mol. The van der Waals surface area contributed by atoms with Crippen molar-refractivity contribution in [3.8, 4) is 0 Å². The molecule has 2 saturated heterocycles. The van der Waals surface area contributed by atoms with Crippen molar-refractivity contribution >= 4 is 23.4 Å². The van der Waals surface area contributed by atoms with E-state index in [1.165, 1.54) is 0 Å². The van der Waals surface area contributed by atoms with E-state index in [0.29, 0.717) is 18.8 Å². The lowest BCUT2D eigenvalue weighted by Gasteiger charge is -2.20. The number of hydrogen-bond donors (Lipinski definition) is 5. The minimum absolute atomic E-state index is 0.00235. The van der Waals surface area contributed by atoms with E-state index in [0.717, 1.165) is 5.69 Å². The molecule has 0 aliphatic carbocycles. The number of hydrogen-bond acceptors (Lipinski definition) is 4. The highest BCUT2D eigenvalue weighted by Crippen LogP contribution is 2.21. The number of carbonyl (C=O) groups is 2. The zero-order valence-electron chi connectivity index (χ0n) is 13.2. The third-order valence-corrected chi connectivity index (χ3v) is 4.19. The van der Waals surface area contributed by atoms with Crippen LogP contribution < -0.4 is 31.7 Å². The van der Waals surface area contributed by atoms with Crippen LogP contribution in [0.2, 0.25) is 0 Å². The molecule has 8 nitrogen and oxygen atoms in total. The van der Waals surface area contributed by atoms with Crippen LogP contribution in [0.3, 0.4) is 0 Å². The summed E-state index contributed by atoms with van der Waals surface area (Å²) in [4.78, 5) is 25.5. The number of urea groups is 2. The Hall–Kier alpha value is -2.32. The summed E-state index contributed by atoms with van der Waals surface area (Å²) in [5.41, 5.74) is 7.61. The number of nitrogens with zero attached hydrogens (tertiary/aromatic N) is 1. The summed E-state index contributed by atoms with van der Waals surface area (Å²) in [5, 5.41) is 8.54. The van der Waals surface area contributed by atoms with Gasteiger partial charge in [-0.2, -0.15) is 0 Å². The van der Waals surface area contributed by atoms with Crippen LogP contribution in [-0.4, -0.2) is 43.3 Å². The lowest BCUT2D eigenvalue weighted by molar-refractivity contribution is 0.246. The molecule has 1 aromatic rings. The normalized spacial score (nSPS) is 27.0. The predicted molar refractivity (Wildman–Crippen MR) is 88.3 cm³/mol. The molecule has 1 aromatic carbocycles. The molecule has 3 rings (SSSR count). The van der Waals surface area contributed by atoms with E-state index in [9.17, 15) is 9.59 Å². The largest absolute Gasteiger partial charge is 0.336 e. The van der Waals surface area contributed by atoms with Gasteiger partial charge in [-0.1, -0.05) is 6.07 Å². The van der Waals surface area contributed by atoms with Crippen LogP contribution in [0.25, 0.3) is 0 Å². The first-order chi connectivity index (χ1) is 11.0. The third-order valence-electron chi connectivity index (χ3n) is 4.19. The van der Waals surface area contributed by atoms with Gasteiger partial charge in [-0.15, -0.1) is 0 Å². The molecule has 8 heteroatoms. The lowest BCUT2D eigenvalue weighted by Crippen LogP contribution is -2.47. The molecule has 2 atom stereocenters. The average Bonchev–Trinajstić information content (AvgIpc) is 3.08. The maximum absolute atomic E-state index is 12.2. The van der Waals surface area contributed by atoms with Crippen molar-refractivity contribution in [1.82, 2.24) is 21.5 Å². The summed E-state index contributed by atoms with van der Waals surface area (Å²) >= 11 is 0. The van der Waals surface area contributed by atoms with E-state index >= 15 is 0 Å². The van der Waals surface area contributed by atoms with E-state index in [1.807, 2.05) is 26.0 Å². The fourth-order valence-corrected chi connectivity index (χ4v) is 2.91. The van der Waals surface area contributed by atoms with Gasteiger partial charge in [0, 0.05) is 36.5 Å². The van der Waals surface area contributed by atoms with Gasteiger partial charge in [0.05, 0.1) is 6.04 Å². The van der Waals surface area contributed by atoms with Gasteiger partial charge >= 0.3 is 12.1 Å². The number of benzene rings is 1. The topological polar surface area (TPSA) is 97.5 Å². The Bertz CT molecular complexity index is 597. The maximum Gasteiger partial charge on any atom is 0.321 e. The smallest absolute Gasteiger partial charge is 0.321 e. The number of amides is 4. The Balaban J connectivity index is 1.63. The Morgan fingerprint density at radius 3 is 2.65 bits per heavy atom. The fraction of sp³-hybridized carbons (Fsp3) is 0.467. The summed E-state index contributed by atoms with van der Waals surface area (Å²) < 4.78 is 0. The molecule has 2 unspecified atom stereocenters. The predicted octanol–water partition coefficient (Wildman–Crippen LogP) is 0.591. The molecule has 0 aromatic heterocycles. The van der Waals surface area contributed by atoms with Gasteiger partial charge < -0.3 is 16.0 Å². The second-order valence-electron chi connectivity index (χ2n) is 5.92. The van der Waals surface area contributed by atoms with Crippen molar-refractivity contribution in [1.29, 1.82) is 0 Å². The molecule has 4 amide bonds. The molecule has 0 saturated carbocycles. The van der Waals surface area contributed by atoms with Gasteiger partial charge in [0.25, 0.3) is 0 Å². The van der Waals surface area contributed by atoms with Crippen LogP contribution in [0.1, 0.15) is 13.8 Å². The molecule has 23 heavy (non-hydrogen) atoms. The van der Waals surface area contributed by atoms with Crippen molar-refractivity contribution in [3.05, 3.63) is 24.3 Å². The molecular weight excluding hydrogens is 296 g/mol. The fourth-order valence-electron chi connectivity index (χ4n) is 2.91. The first kappa shape index (κ1) is 15.6. The standard InChI is InChI=1S/C15H22N6O2/c1-9-13(10(2)20-19-9)18-14(22)17-11-4-3-5-12(8-11)21-7-6-16-15(21)23/h3-5,8-10,13,19-20H,6-7H2,1-2H3,(H,16,23)(H2,17,18,22). The summed E-state index contributed by atoms with van der Waals surface area (Å²) in [5.74, 6) is 0. The highest BCUT2D eigenvalue weighted by atomic mass is 16.2. The second kappa shape index (κ2) is 6.43. The van der Waals surface area contributed by atoms with Gasteiger partial charge in [-0.05, 0) is 32.0 Å². The van der Waals surface area contributed by atoms with Crippen molar-refractivity contribution < 1.29 is 9.59 Å². The molecule has 0 bridgehead atoms. The first-order valence-electron chi connectivity index (χ1n) is 7.78. The Kier molecular flexibility index (Phi) is 4.35. The molecule has 2 fully saturated rings. The molecule has 5 N–H and O–H groups in total. The van der Waals surface area contributed by atoms with Gasteiger partial charge in [0.15, 0.2) is 0 Å². The Labute approximate surface area is 135 Å². The summed E-state index contributed by atoms with van der Waals surface area (Å²) in [6.07, 6.45) is 0. The SMILES string of the molecule is CC1NNC(C)C1NC(=O)Nc1cccc(N2CCNC2=O)c1. The van der Waals surface area contributed by atoms with E-state index in [4.69, 9.17) is 0 Å². The molecule has 0 radical (unpaired) electrons. The van der Waals surface area contributed by atoms with E-state index in [2.05, 4.69) is 26.8 Å². The minimum atomic E-state index is -0.262. The van der Waals surface area contributed by atoms with Crippen molar-refractivity contribution in [2.45, 2.75) is 32.0 Å². The molecule has 2 aliphatic heterocycles. The number of nitrogens with one attached hydrogen (secondary N) is 5. The zero-order chi connectivity index (χ0) is 16.4. The van der Waals surface area contributed by atoms with E-state index < -0.39 is 0 Å². The Morgan fingerprint density at radius 1 is 1.26 bits per heavy atom.